The molecule has 3 N–H and O–H groups in total. The van der Waals surface area contributed by atoms with Crippen LogP contribution < -0.4 is 5.73 Å². The Hall–Kier alpha value is -2.15. The SMILES string of the molecule is CCN(C(=O)c1ccc2nc(N)sc2c1)C(C)(C)C(=O)O. The molecule has 7 heteroatoms. The average molecular weight is 307 g/mol. The summed E-state index contributed by atoms with van der Waals surface area (Å²) in [7, 11) is 0. The van der Waals surface area contributed by atoms with Crippen molar-refractivity contribution in [1.29, 1.82) is 0 Å². The molecule has 1 aromatic heterocycles. The van der Waals surface area contributed by atoms with Gasteiger partial charge in [0.15, 0.2) is 5.13 Å². The normalized spacial score (nSPS) is 11.6. The maximum Gasteiger partial charge on any atom is 0.329 e. The number of nitrogens with two attached hydrogens (primary N) is 1. The summed E-state index contributed by atoms with van der Waals surface area (Å²) in [4.78, 5) is 29.4. The molecule has 2 aromatic rings. The van der Waals surface area contributed by atoms with Crippen LogP contribution >= 0.6 is 11.3 Å². The van der Waals surface area contributed by atoms with Crippen LogP contribution in [0.25, 0.3) is 10.2 Å². The smallest absolute Gasteiger partial charge is 0.329 e. The van der Waals surface area contributed by atoms with Crippen LogP contribution in [-0.4, -0.2) is 39.0 Å². The van der Waals surface area contributed by atoms with E-state index in [0.717, 1.165) is 10.2 Å². The third-order valence-electron chi connectivity index (χ3n) is 3.41. The second kappa shape index (κ2) is 5.33. The molecule has 21 heavy (non-hydrogen) atoms. The molecule has 1 heterocycles. The predicted molar refractivity (Wildman–Crippen MR) is 82.5 cm³/mol. The Morgan fingerprint density at radius 3 is 2.67 bits per heavy atom. The summed E-state index contributed by atoms with van der Waals surface area (Å²) in [6.07, 6.45) is 0. The zero-order valence-corrected chi connectivity index (χ0v) is 12.9. The number of aromatic nitrogens is 1. The zero-order valence-electron chi connectivity index (χ0n) is 12.1. The summed E-state index contributed by atoms with van der Waals surface area (Å²) in [6.45, 7) is 5.09. The van der Waals surface area contributed by atoms with Gasteiger partial charge >= 0.3 is 5.97 Å². The molecule has 6 nitrogen and oxygen atoms in total. The Morgan fingerprint density at radius 2 is 2.10 bits per heavy atom. The highest BCUT2D eigenvalue weighted by Gasteiger charge is 2.37. The second-order valence-corrected chi connectivity index (χ2v) is 6.21. The molecule has 0 aliphatic heterocycles. The molecule has 0 spiro atoms. The molecule has 1 amide bonds. The number of carbonyl (C=O) groups is 2. The molecule has 0 saturated carbocycles. The standard InChI is InChI=1S/C14H17N3O3S/c1-4-17(14(2,3)12(19)20)11(18)8-5-6-9-10(7-8)21-13(15)16-9/h5-7H,4H2,1-3H3,(H2,15,16)(H,19,20). The highest BCUT2D eigenvalue weighted by Crippen LogP contribution is 2.26. The fraction of sp³-hybridized carbons (Fsp3) is 0.357. The number of benzene rings is 1. The van der Waals surface area contributed by atoms with E-state index in [0.29, 0.717) is 17.2 Å². The fourth-order valence-electron chi connectivity index (χ4n) is 2.14. The average Bonchev–Trinajstić information content (AvgIpc) is 2.77. The summed E-state index contributed by atoms with van der Waals surface area (Å²) in [5.41, 5.74) is 5.54. The quantitative estimate of drug-likeness (QED) is 0.902. The van der Waals surface area contributed by atoms with Gasteiger partial charge in [-0.25, -0.2) is 9.78 Å². The van der Waals surface area contributed by atoms with E-state index in [2.05, 4.69) is 4.98 Å². The van der Waals surface area contributed by atoms with Gasteiger partial charge in [-0.2, -0.15) is 0 Å². The Kier molecular flexibility index (Phi) is 3.87. The minimum atomic E-state index is -1.27. The molecular weight excluding hydrogens is 290 g/mol. The molecule has 0 unspecified atom stereocenters. The summed E-state index contributed by atoms with van der Waals surface area (Å²) in [5.74, 6) is -1.36. The van der Waals surface area contributed by atoms with Gasteiger partial charge in [0.2, 0.25) is 0 Å². The van der Waals surface area contributed by atoms with Crippen molar-refractivity contribution in [3.63, 3.8) is 0 Å². The number of amides is 1. The number of hydrogen-bond acceptors (Lipinski definition) is 5. The lowest BCUT2D eigenvalue weighted by molar-refractivity contribution is -0.147. The summed E-state index contributed by atoms with van der Waals surface area (Å²) >= 11 is 1.30. The van der Waals surface area contributed by atoms with Gasteiger partial charge in [-0.3, -0.25) is 4.79 Å². The van der Waals surface area contributed by atoms with Crippen molar-refractivity contribution >= 4 is 38.6 Å². The molecule has 112 valence electrons. The molecule has 0 radical (unpaired) electrons. The third kappa shape index (κ3) is 2.69. The number of nitrogens with zero attached hydrogens (tertiary/aromatic N) is 2. The van der Waals surface area contributed by atoms with Crippen LogP contribution in [0, 0.1) is 0 Å². The first-order chi connectivity index (χ1) is 9.77. The van der Waals surface area contributed by atoms with Gasteiger partial charge in [0.05, 0.1) is 10.2 Å². The van der Waals surface area contributed by atoms with E-state index < -0.39 is 11.5 Å². The lowest BCUT2D eigenvalue weighted by atomic mass is 10.0. The van der Waals surface area contributed by atoms with Crippen LogP contribution in [0.2, 0.25) is 0 Å². The van der Waals surface area contributed by atoms with Crippen molar-refractivity contribution in [1.82, 2.24) is 9.88 Å². The zero-order chi connectivity index (χ0) is 15.8. The fourth-order valence-corrected chi connectivity index (χ4v) is 2.91. The predicted octanol–water partition coefficient (Wildman–Crippen LogP) is 2.20. The molecule has 0 fully saturated rings. The topological polar surface area (TPSA) is 96.5 Å². The molecule has 0 saturated heterocycles. The lowest BCUT2D eigenvalue weighted by Gasteiger charge is -2.34. The summed E-state index contributed by atoms with van der Waals surface area (Å²) < 4.78 is 0.808. The Morgan fingerprint density at radius 1 is 1.43 bits per heavy atom. The lowest BCUT2D eigenvalue weighted by Crippen LogP contribution is -2.52. The van der Waals surface area contributed by atoms with E-state index in [1.807, 2.05) is 0 Å². The number of carboxylic acid groups (broad SMARTS) is 1. The van der Waals surface area contributed by atoms with Gasteiger partial charge in [0.25, 0.3) is 5.91 Å². The van der Waals surface area contributed by atoms with Crippen molar-refractivity contribution < 1.29 is 14.7 Å². The number of hydrogen-bond donors (Lipinski definition) is 2. The van der Waals surface area contributed by atoms with E-state index in [1.165, 1.54) is 30.1 Å². The van der Waals surface area contributed by atoms with E-state index >= 15 is 0 Å². The minimum absolute atomic E-state index is 0.307. The van der Waals surface area contributed by atoms with Crippen molar-refractivity contribution in [3.8, 4) is 0 Å². The number of aliphatic carboxylic acids is 1. The van der Waals surface area contributed by atoms with Crippen LogP contribution in [0.3, 0.4) is 0 Å². The number of carbonyl (C=O) groups excluding carboxylic acids is 1. The Bertz CT molecular complexity index is 709. The number of anilines is 1. The van der Waals surface area contributed by atoms with Gasteiger partial charge in [0, 0.05) is 12.1 Å². The highest BCUT2D eigenvalue weighted by molar-refractivity contribution is 7.22. The van der Waals surface area contributed by atoms with E-state index in [9.17, 15) is 14.7 Å². The van der Waals surface area contributed by atoms with E-state index in [-0.39, 0.29) is 5.91 Å². The molecule has 0 aliphatic carbocycles. The molecule has 0 aliphatic rings. The number of likely N-dealkylation sites (N-methyl/N-ethyl adjacent to an activating group) is 1. The maximum atomic E-state index is 12.6. The van der Waals surface area contributed by atoms with Crippen molar-refractivity contribution in [3.05, 3.63) is 23.8 Å². The molecule has 0 bridgehead atoms. The van der Waals surface area contributed by atoms with Crippen LogP contribution in [0.15, 0.2) is 18.2 Å². The van der Waals surface area contributed by atoms with Crippen LogP contribution in [0.4, 0.5) is 5.13 Å². The monoisotopic (exact) mass is 307 g/mol. The van der Waals surface area contributed by atoms with Crippen LogP contribution in [0.5, 0.6) is 0 Å². The number of carboxylic acids is 1. The van der Waals surface area contributed by atoms with Gasteiger partial charge in [-0.05, 0) is 39.0 Å². The van der Waals surface area contributed by atoms with Crippen LogP contribution in [-0.2, 0) is 4.79 Å². The maximum absolute atomic E-state index is 12.6. The Labute approximate surface area is 126 Å². The number of nitrogen functional groups attached to an aromatic ring is 1. The second-order valence-electron chi connectivity index (χ2n) is 5.15. The molecule has 2 rings (SSSR count). The number of thiazole rings is 1. The summed E-state index contributed by atoms with van der Waals surface area (Å²) in [5, 5.41) is 9.73. The first-order valence-electron chi connectivity index (χ1n) is 6.48. The highest BCUT2D eigenvalue weighted by atomic mass is 32.1. The van der Waals surface area contributed by atoms with Crippen molar-refractivity contribution in [2.75, 3.05) is 12.3 Å². The van der Waals surface area contributed by atoms with Gasteiger partial charge in [0.1, 0.15) is 5.54 Å². The Balaban J connectivity index is 2.42. The first kappa shape index (κ1) is 15.2. The minimum Gasteiger partial charge on any atom is -0.480 e. The third-order valence-corrected chi connectivity index (χ3v) is 4.26. The van der Waals surface area contributed by atoms with Crippen LogP contribution in [0.1, 0.15) is 31.1 Å². The van der Waals surface area contributed by atoms with Crippen molar-refractivity contribution in [2.45, 2.75) is 26.3 Å². The van der Waals surface area contributed by atoms with E-state index in [1.54, 1.807) is 25.1 Å². The van der Waals surface area contributed by atoms with E-state index in [4.69, 9.17) is 5.73 Å². The van der Waals surface area contributed by atoms with Gasteiger partial charge in [-0.15, -0.1) is 0 Å². The van der Waals surface area contributed by atoms with Gasteiger partial charge in [-0.1, -0.05) is 11.3 Å². The number of fused-ring (bicyclic) bond motifs is 1. The van der Waals surface area contributed by atoms with Gasteiger partial charge < -0.3 is 15.7 Å². The number of rotatable bonds is 4. The largest absolute Gasteiger partial charge is 0.480 e. The molecule has 1 aromatic carbocycles. The first-order valence-corrected chi connectivity index (χ1v) is 7.30. The van der Waals surface area contributed by atoms with Crippen molar-refractivity contribution in [2.24, 2.45) is 0 Å². The molecule has 0 atom stereocenters. The molecular formula is C14H17N3O3S. The summed E-state index contributed by atoms with van der Waals surface area (Å²) in [6, 6.07) is 5.06.